The van der Waals surface area contributed by atoms with Crippen LogP contribution in [0.1, 0.15) is 57.8 Å². The molecule has 0 aliphatic carbocycles. The number of nitriles is 1. The van der Waals surface area contributed by atoms with Gasteiger partial charge < -0.3 is 14.6 Å². The number of halogens is 3. The number of aromatic nitrogens is 1. The summed E-state index contributed by atoms with van der Waals surface area (Å²) in [5.41, 5.74) is 4.91. The molecule has 0 spiro atoms. The van der Waals surface area contributed by atoms with Gasteiger partial charge in [-0.25, -0.2) is 0 Å². The zero-order chi connectivity index (χ0) is 26.9. The van der Waals surface area contributed by atoms with Crippen LogP contribution in [0.4, 0.5) is 13.2 Å². The molecule has 194 valence electrons. The number of piperidine rings is 1. The third kappa shape index (κ3) is 5.54. The standard InChI is InChI=1S/C28H28F3N3O3/c1-17-20(13-24(35)21-5-3-4-18(12-21)15-32)6-7-23-27(17)22(16-33(23)2)19-8-10-34(11-9-19)26(37)14-25(36)28(29,30)31/h3-7,12,16,19,25,36H,8-11,13-14H2,1-2H3/t25-/m1/s1. The van der Waals surface area contributed by atoms with Crippen LogP contribution in [-0.4, -0.2) is 51.6 Å². The quantitative estimate of drug-likeness (QED) is 0.482. The molecule has 1 fully saturated rings. The van der Waals surface area contributed by atoms with Gasteiger partial charge >= 0.3 is 6.18 Å². The molecule has 9 heteroatoms. The van der Waals surface area contributed by atoms with Crippen molar-refractivity contribution in [2.24, 2.45) is 7.05 Å². The lowest BCUT2D eigenvalue weighted by molar-refractivity contribution is -0.207. The lowest BCUT2D eigenvalue weighted by atomic mass is 9.86. The number of hydrogen-bond donors (Lipinski definition) is 1. The molecule has 1 aromatic heterocycles. The second-order valence-electron chi connectivity index (χ2n) is 9.65. The number of hydrogen-bond acceptors (Lipinski definition) is 4. The molecule has 1 saturated heterocycles. The highest BCUT2D eigenvalue weighted by Gasteiger charge is 2.40. The summed E-state index contributed by atoms with van der Waals surface area (Å²) < 4.78 is 39.9. The van der Waals surface area contributed by atoms with Gasteiger partial charge in [-0.1, -0.05) is 18.2 Å². The largest absolute Gasteiger partial charge is 0.414 e. The van der Waals surface area contributed by atoms with Crippen LogP contribution in [-0.2, 0) is 18.3 Å². The van der Waals surface area contributed by atoms with E-state index in [4.69, 9.17) is 5.26 Å². The van der Waals surface area contributed by atoms with E-state index in [1.54, 1.807) is 24.3 Å². The molecule has 0 bridgehead atoms. The first-order chi connectivity index (χ1) is 17.5. The number of aliphatic hydroxyl groups excluding tert-OH is 1. The fourth-order valence-electron chi connectivity index (χ4n) is 5.13. The van der Waals surface area contributed by atoms with Gasteiger partial charge in [-0.15, -0.1) is 0 Å². The number of fused-ring (bicyclic) bond motifs is 1. The predicted octanol–water partition coefficient (Wildman–Crippen LogP) is 4.80. The number of alkyl halides is 3. The summed E-state index contributed by atoms with van der Waals surface area (Å²) in [6.07, 6.45) is -4.99. The van der Waals surface area contributed by atoms with Gasteiger partial charge in [0.15, 0.2) is 11.9 Å². The normalized spacial score (nSPS) is 15.5. The predicted molar refractivity (Wildman–Crippen MR) is 132 cm³/mol. The van der Waals surface area contributed by atoms with Crippen LogP contribution < -0.4 is 0 Å². The number of aryl methyl sites for hydroxylation is 2. The van der Waals surface area contributed by atoms with Gasteiger partial charge in [-0.2, -0.15) is 18.4 Å². The minimum atomic E-state index is -4.81. The van der Waals surface area contributed by atoms with Crippen LogP contribution in [0, 0.1) is 18.3 Å². The summed E-state index contributed by atoms with van der Waals surface area (Å²) in [6, 6.07) is 12.6. The Kier molecular flexibility index (Phi) is 7.42. The average Bonchev–Trinajstić information content (AvgIpc) is 3.22. The molecule has 0 saturated carbocycles. The van der Waals surface area contributed by atoms with Crippen molar-refractivity contribution in [2.75, 3.05) is 13.1 Å². The van der Waals surface area contributed by atoms with E-state index < -0.39 is 24.6 Å². The Balaban J connectivity index is 1.53. The minimum Gasteiger partial charge on any atom is -0.383 e. The van der Waals surface area contributed by atoms with Crippen molar-refractivity contribution in [3.8, 4) is 6.07 Å². The number of aliphatic hydroxyl groups is 1. The molecular formula is C28H28F3N3O3. The molecule has 3 aromatic rings. The van der Waals surface area contributed by atoms with E-state index in [0.717, 1.165) is 27.6 Å². The SMILES string of the molecule is Cc1c(CC(=O)c2cccc(C#N)c2)ccc2c1c(C1CCN(C(=O)C[C@@H](O)C(F)(F)F)CC1)cn2C. The van der Waals surface area contributed by atoms with E-state index in [1.807, 2.05) is 30.7 Å². The number of carbonyl (C=O) groups excluding carboxylic acids is 2. The van der Waals surface area contributed by atoms with Crippen LogP contribution >= 0.6 is 0 Å². The number of likely N-dealkylation sites (tertiary alicyclic amines) is 1. The Hall–Kier alpha value is -3.64. The summed E-state index contributed by atoms with van der Waals surface area (Å²) in [6.45, 7) is 2.62. The minimum absolute atomic E-state index is 0.0788. The molecule has 1 aliphatic rings. The van der Waals surface area contributed by atoms with E-state index >= 15 is 0 Å². The van der Waals surface area contributed by atoms with Crippen molar-refractivity contribution >= 4 is 22.6 Å². The second-order valence-corrected chi connectivity index (χ2v) is 9.65. The molecule has 6 nitrogen and oxygen atoms in total. The first-order valence-electron chi connectivity index (χ1n) is 12.1. The molecular weight excluding hydrogens is 483 g/mol. The zero-order valence-electron chi connectivity index (χ0n) is 20.7. The lowest BCUT2D eigenvalue weighted by Gasteiger charge is -2.33. The molecule has 2 aromatic carbocycles. The van der Waals surface area contributed by atoms with Crippen LogP contribution in [0.2, 0.25) is 0 Å². The summed E-state index contributed by atoms with van der Waals surface area (Å²) in [4.78, 5) is 26.6. The van der Waals surface area contributed by atoms with Crippen LogP contribution in [0.3, 0.4) is 0 Å². The molecule has 0 unspecified atom stereocenters. The van der Waals surface area contributed by atoms with Gasteiger partial charge in [-0.05, 0) is 60.6 Å². The van der Waals surface area contributed by atoms with Gasteiger partial charge in [-0.3, -0.25) is 9.59 Å². The molecule has 37 heavy (non-hydrogen) atoms. The smallest absolute Gasteiger partial charge is 0.383 e. The molecule has 2 heterocycles. The number of nitrogens with zero attached hydrogens (tertiary/aromatic N) is 3. The highest BCUT2D eigenvalue weighted by atomic mass is 19.4. The van der Waals surface area contributed by atoms with Crippen LogP contribution in [0.15, 0.2) is 42.6 Å². The van der Waals surface area contributed by atoms with Crippen molar-refractivity contribution < 1.29 is 27.9 Å². The fourth-order valence-corrected chi connectivity index (χ4v) is 5.13. The van der Waals surface area contributed by atoms with E-state index in [2.05, 4.69) is 12.3 Å². The maximum Gasteiger partial charge on any atom is 0.414 e. The van der Waals surface area contributed by atoms with Gasteiger partial charge in [0.05, 0.1) is 18.1 Å². The molecule has 1 amide bonds. The van der Waals surface area contributed by atoms with E-state index in [-0.39, 0.29) is 18.1 Å². The van der Waals surface area contributed by atoms with Gasteiger partial charge in [0.2, 0.25) is 5.91 Å². The van der Waals surface area contributed by atoms with E-state index in [9.17, 15) is 27.9 Å². The molecule has 4 rings (SSSR count). The Morgan fingerprint density at radius 1 is 1.19 bits per heavy atom. The van der Waals surface area contributed by atoms with E-state index in [0.29, 0.717) is 37.1 Å². The summed E-state index contributed by atoms with van der Waals surface area (Å²) >= 11 is 0. The number of amides is 1. The Labute approximate surface area is 212 Å². The van der Waals surface area contributed by atoms with Crippen molar-refractivity contribution in [1.29, 1.82) is 5.26 Å². The van der Waals surface area contributed by atoms with Crippen molar-refractivity contribution in [1.82, 2.24) is 9.47 Å². The maximum atomic E-state index is 13.0. The van der Waals surface area contributed by atoms with Gasteiger partial charge in [0, 0.05) is 49.2 Å². The molecule has 0 radical (unpaired) electrons. The van der Waals surface area contributed by atoms with Gasteiger partial charge in [0.25, 0.3) is 0 Å². The van der Waals surface area contributed by atoms with Gasteiger partial charge in [0.1, 0.15) is 0 Å². The first-order valence-corrected chi connectivity index (χ1v) is 12.1. The highest BCUT2D eigenvalue weighted by Crippen LogP contribution is 2.37. The Morgan fingerprint density at radius 2 is 1.89 bits per heavy atom. The first kappa shape index (κ1) is 26.4. The lowest BCUT2D eigenvalue weighted by Crippen LogP contribution is -2.41. The highest BCUT2D eigenvalue weighted by molar-refractivity contribution is 5.99. The Bertz CT molecular complexity index is 1380. The number of ketones is 1. The summed E-state index contributed by atoms with van der Waals surface area (Å²) in [5.74, 6) is -0.666. The molecule has 1 atom stereocenters. The fraction of sp³-hybridized carbons (Fsp3) is 0.393. The van der Waals surface area contributed by atoms with Crippen molar-refractivity contribution in [3.05, 3.63) is 70.4 Å². The van der Waals surface area contributed by atoms with Crippen molar-refractivity contribution in [3.63, 3.8) is 0 Å². The summed E-state index contributed by atoms with van der Waals surface area (Å²) in [5, 5.41) is 19.4. The average molecular weight is 512 g/mol. The topological polar surface area (TPSA) is 86.3 Å². The maximum absolute atomic E-state index is 13.0. The number of Topliss-reactive ketones (excluding diaryl/α,β-unsaturated/α-hetero) is 1. The number of carbonyl (C=O) groups is 2. The third-order valence-corrected chi connectivity index (χ3v) is 7.25. The molecule has 1 aliphatic heterocycles. The monoisotopic (exact) mass is 511 g/mol. The zero-order valence-corrected chi connectivity index (χ0v) is 20.7. The summed E-state index contributed by atoms with van der Waals surface area (Å²) in [7, 11) is 1.95. The number of rotatable bonds is 6. The molecule has 1 N–H and O–H groups in total. The Morgan fingerprint density at radius 3 is 2.54 bits per heavy atom. The van der Waals surface area contributed by atoms with Crippen LogP contribution in [0.5, 0.6) is 0 Å². The number of benzene rings is 2. The van der Waals surface area contributed by atoms with E-state index in [1.165, 1.54) is 4.90 Å². The second kappa shape index (κ2) is 10.4. The van der Waals surface area contributed by atoms with Crippen LogP contribution in [0.25, 0.3) is 10.9 Å². The third-order valence-electron chi connectivity index (χ3n) is 7.25. The van der Waals surface area contributed by atoms with Crippen molar-refractivity contribution in [2.45, 2.75) is 50.8 Å².